The van der Waals surface area contributed by atoms with Crippen molar-refractivity contribution in [2.24, 2.45) is 0 Å². The van der Waals surface area contributed by atoms with Gasteiger partial charge in [-0.1, -0.05) is 12.1 Å². The number of ether oxygens (including phenoxy) is 2. The molecule has 2 unspecified atom stereocenters. The number of carboxylic acids is 2. The maximum atomic E-state index is 9.95. The topological polar surface area (TPSA) is 237 Å². The molecule has 0 radical (unpaired) electrons. The largest absolute Gasteiger partial charge is 0.490 e. The summed E-state index contributed by atoms with van der Waals surface area (Å²) < 4.78 is 11.4. The number of aliphatic hydroxyl groups is 2. The van der Waals surface area contributed by atoms with Crippen LogP contribution in [0.4, 0.5) is 0 Å². The van der Waals surface area contributed by atoms with E-state index >= 15 is 0 Å². The third kappa shape index (κ3) is 15.2. The number of nitrogens with zero attached hydrogens (tertiary/aromatic N) is 2. The zero-order valence-electron chi connectivity index (χ0n) is 29.1. The summed E-state index contributed by atoms with van der Waals surface area (Å²) in [6.45, 7) is 13.6. The van der Waals surface area contributed by atoms with Crippen molar-refractivity contribution in [1.29, 1.82) is 10.5 Å². The van der Waals surface area contributed by atoms with Crippen molar-refractivity contribution in [1.82, 2.24) is 20.6 Å². The first kappa shape index (κ1) is 40.8. The predicted octanol–water partition coefficient (Wildman–Crippen LogP) is 4.05. The third-order valence-corrected chi connectivity index (χ3v) is 6.46. The molecule has 0 aliphatic rings. The number of aliphatic hydroxyl groups excluding tert-OH is 2. The molecule has 2 atom stereocenters. The van der Waals surface area contributed by atoms with E-state index in [4.69, 9.17) is 30.2 Å². The maximum Gasteiger partial charge on any atom is 0.328 e. The number of rotatable bonds is 12. The van der Waals surface area contributed by atoms with Crippen LogP contribution in [0, 0.1) is 22.7 Å². The summed E-state index contributed by atoms with van der Waals surface area (Å²) in [6, 6.07) is 18.8. The Balaban J connectivity index is 0.000000286. The maximum absolute atomic E-state index is 9.95. The van der Waals surface area contributed by atoms with Gasteiger partial charge in [0.05, 0.1) is 11.0 Å². The summed E-state index contributed by atoms with van der Waals surface area (Å²) in [5.74, 6) is -1.18. The number of hydrogen-bond donors (Lipinski definition) is 8. The Hall–Kier alpha value is -5.38. The number of aromatic amines is 2. The number of carboxylic acid groups (broad SMARTS) is 2. The summed E-state index contributed by atoms with van der Waals surface area (Å²) in [5.41, 5.74) is 2.62. The van der Waals surface area contributed by atoms with Crippen LogP contribution < -0.4 is 20.1 Å². The lowest BCUT2D eigenvalue weighted by Crippen LogP contribution is -2.42. The van der Waals surface area contributed by atoms with Crippen LogP contribution >= 0.6 is 0 Å². The fourth-order valence-corrected chi connectivity index (χ4v) is 4.11. The van der Waals surface area contributed by atoms with Crippen molar-refractivity contribution in [2.75, 3.05) is 26.3 Å². The molecule has 0 aliphatic heterocycles. The van der Waals surface area contributed by atoms with Crippen molar-refractivity contribution < 1.29 is 39.5 Å². The van der Waals surface area contributed by atoms with Crippen molar-refractivity contribution in [3.05, 3.63) is 72.1 Å². The van der Waals surface area contributed by atoms with E-state index in [1.54, 1.807) is 12.1 Å². The average Bonchev–Trinajstić information content (AvgIpc) is 3.68. The molecule has 0 aliphatic carbocycles. The highest BCUT2D eigenvalue weighted by molar-refractivity contribution is 5.90. The molecule has 2 heterocycles. The van der Waals surface area contributed by atoms with Crippen LogP contribution in [0.1, 0.15) is 52.9 Å². The number of fused-ring (bicyclic) bond motifs is 2. The lowest BCUT2D eigenvalue weighted by atomic mass is 10.1. The Morgan fingerprint density at radius 3 is 1.40 bits per heavy atom. The average molecular weight is 691 g/mol. The first-order chi connectivity index (χ1) is 23.4. The molecular formula is C36H46N6O8. The normalized spacial score (nSPS) is 12.5. The zero-order valence-corrected chi connectivity index (χ0v) is 29.1. The molecule has 4 rings (SSSR count). The number of hydrogen-bond acceptors (Lipinski definition) is 10. The minimum atomic E-state index is -1.26. The van der Waals surface area contributed by atoms with Gasteiger partial charge in [0.15, 0.2) is 0 Å². The Kier molecular flexibility index (Phi) is 15.5. The van der Waals surface area contributed by atoms with E-state index in [2.05, 4.69) is 32.7 Å². The predicted molar refractivity (Wildman–Crippen MR) is 189 cm³/mol. The number of carbonyl (C=O) groups is 2. The van der Waals surface area contributed by atoms with E-state index in [1.807, 2.05) is 77.9 Å². The molecule has 0 spiro atoms. The number of aliphatic carboxylic acids is 2. The van der Waals surface area contributed by atoms with E-state index < -0.39 is 24.1 Å². The molecule has 268 valence electrons. The molecule has 2 aromatic carbocycles. The van der Waals surface area contributed by atoms with Gasteiger partial charge in [-0.05, 0) is 77.9 Å². The van der Waals surface area contributed by atoms with Crippen molar-refractivity contribution in [3.63, 3.8) is 0 Å². The zero-order chi connectivity index (χ0) is 37.5. The Morgan fingerprint density at radius 2 is 1.10 bits per heavy atom. The Labute approximate surface area is 291 Å². The number of nitriles is 2. The third-order valence-electron chi connectivity index (χ3n) is 6.46. The van der Waals surface area contributed by atoms with Gasteiger partial charge in [0, 0.05) is 47.1 Å². The summed E-state index contributed by atoms with van der Waals surface area (Å²) in [7, 11) is 0. The SMILES string of the molecule is CC(C)(C)NCC(O)COc1cccc2[nH]c(C#N)cc12.CC(C)(C)NCC(O)COc1cccc2[nH]c(C#N)cc12.O=C(O)/C=C/C(=O)O. The van der Waals surface area contributed by atoms with Crippen LogP contribution in [0.3, 0.4) is 0 Å². The molecule has 14 nitrogen and oxygen atoms in total. The van der Waals surface area contributed by atoms with Gasteiger partial charge in [-0.2, -0.15) is 10.5 Å². The van der Waals surface area contributed by atoms with Crippen LogP contribution in [0.15, 0.2) is 60.7 Å². The van der Waals surface area contributed by atoms with Gasteiger partial charge in [-0.25, -0.2) is 9.59 Å². The quantitative estimate of drug-likeness (QED) is 0.0983. The summed E-state index contributed by atoms with van der Waals surface area (Å²) in [5, 5.41) is 61.5. The summed E-state index contributed by atoms with van der Waals surface area (Å²) >= 11 is 0. The van der Waals surface area contributed by atoms with Crippen LogP contribution in [0.25, 0.3) is 21.8 Å². The lowest BCUT2D eigenvalue weighted by Gasteiger charge is -2.23. The van der Waals surface area contributed by atoms with Gasteiger partial charge in [0.25, 0.3) is 0 Å². The first-order valence-corrected chi connectivity index (χ1v) is 15.7. The Bertz CT molecular complexity index is 1690. The molecule has 0 fully saturated rings. The van der Waals surface area contributed by atoms with Crippen LogP contribution in [-0.4, -0.2) is 91.9 Å². The number of H-pyrrole nitrogens is 2. The van der Waals surface area contributed by atoms with Crippen LogP contribution in [0.5, 0.6) is 11.5 Å². The standard InChI is InChI=1S/2C16H21N3O2.C4H4O4/c2*1-16(2,3)18-9-12(20)10-21-15-6-4-5-14-13(15)7-11(8-17)19-14;5-3(6)1-2-4(7)8/h2*4-7,12,18-20H,9-10H2,1-3H3;1-2H,(H,5,6)(H,7,8)/b;;2-1+. The molecule has 50 heavy (non-hydrogen) atoms. The van der Waals surface area contributed by atoms with Crippen molar-refractivity contribution in [2.45, 2.75) is 64.8 Å². The Morgan fingerprint density at radius 1 is 0.740 bits per heavy atom. The first-order valence-electron chi connectivity index (χ1n) is 15.7. The summed E-state index contributed by atoms with van der Waals surface area (Å²) in [4.78, 5) is 25.1. The fraction of sp³-hybridized carbons (Fsp3) is 0.389. The number of benzene rings is 2. The van der Waals surface area contributed by atoms with E-state index in [1.165, 1.54) is 0 Å². The minimum Gasteiger partial charge on any atom is -0.490 e. The molecule has 0 saturated heterocycles. The second-order valence-corrected chi connectivity index (χ2v) is 13.2. The number of aromatic nitrogens is 2. The monoisotopic (exact) mass is 690 g/mol. The van der Waals surface area contributed by atoms with Gasteiger partial charge >= 0.3 is 11.9 Å². The fourth-order valence-electron chi connectivity index (χ4n) is 4.11. The van der Waals surface area contributed by atoms with Gasteiger partial charge in [0.1, 0.15) is 60.4 Å². The second-order valence-electron chi connectivity index (χ2n) is 13.2. The molecular weight excluding hydrogens is 644 g/mol. The second kappa shape index (κ2) is 19.0. The van der Waals surface area contributed by atoms with E-state index in [0.29, 0.717) is 48.1 Å². The van der Waals surface area contributed by atoms with Gasteiger partial charge < -0.3 is 50.5 Å². The van der Waals surface area contributed by atoms with E-state index in [-0.39, 0.29) is 24.3 Å². The van der Waals surface area contributed by atoms with Gasteiger partial charge in [-0.3, -0.25) is 0 Å². The molecule has 8 N–H and O–H groups in total. The molecule has 0 amide bonds. The van der Waals surface area contributed by atoms with E-state index in [9.17, 15) is 19.8 Å². The highest BCUT2D eigenvalue weighted by Crippen LogP contribution is 2.27. The highest BCUT2D eigenvalue weighted by Gasteiger charge is 2.15. The van der Waals surface area contributed by atoms with Crippen LogP contribution in [0.2, 0.25) is 0 Å². The van der Waals surface area contributed by atoms with Gasteiger partial charge in [-0.15, -0.1) is 0 Å². The molecule has 0 bridgehead atoms. The number of β-amino-alcohol motifs (C(OH)–C–C–N with tert-alkyl or cyclic N) is 2. The highest BCUT2D eigenvalue weighted by atomic mass is 16.5. The van der Waals surface area contributed by atoms with E-state index in [0.717, 1.165) is 21.8 Å². The molecule has 14 heteroatoms. The smallest absolute Gasteiger partial charge is 0.328 e. The van der Waals surface area contributed by atoms with Crippen LogP contribution in [-0.2, 0) is 9.59 Å². The molecule has 0 saturated carbocycles. The number of nitrogens with one attached hydrogen (secondary N) is 4. The molecule has 2 aromatic heterocycles. The van der Waals surface area contributed by atoms with Gasteiger partial charge in [0.2, 0.25) is 0 Å². The molecule has 4 aromatic rings. The summed E-state index contributed by atoms with van der Waals surface area (Å²) in [6.07, 6.45) is -0.0623. The van der Waals surface area contributed by atoms with Crippen molar-refractivity contribution >= 4 is 33.7 Å². The lowest BCUT2D eigenvalue weighted by molar-refractivity contribution is -0.134. The minimum absolute atomic E-state index is 0.0384. The van der Waals surface area contributed by atoms with Crippen molar-refractivity contribution in [3.8, 4) is 23.6 Å².